The number of nitrogens with zero attached hydrogens (tertiary/aromatic N) is 2. The van der Waals surface area contributed by atoms with Crippen LogP contribution in [0.2, 0.25) is 0 Å². The van der Waals surface area contributed by atoms with Crippen molar-refractivity contribution in [3.63, 3.8) is 0 Å². The number of fused-ring (bicyclic) bond motifs is 2. The van der Waals surface area contributed by atoms with Crippen LogP contribution in [-0.2, 0) is 4.79 Å². The summed E-state index contributed by atoms with van der Waals surface area (Å²) in [5.41, 5.74) is 2.11. The fourth-order valence-corrected chi connectivity index (χ4v) is 4.96. The maximum absolute atomic E-state index is 13.4. The molecule has 0 radical (unpaired) electrons. The summed E-state index contributed by atoms with van der Waals surface area (Å²) in [5, 5.41) is 4.77. The van der Waals surface area contributed by atoms with E-state index in [1.165, 1.54) is 11.3 Å². The number of thiophene rings is 1. The number of piperazine rings is 1. The zero-order chi connectivity index (χ0) is 20.7. The van der Waals surface area contributed by atoms with Crippen LogP contribution in [0.25, 0.3) is 0 Å². The maximum atomic E-state index is 13.4. The van der Waals surface area contributed by atoms with Crippen LogP contribution in [0.15, 0.2) is 60.0 Å². The number of allylic oxidation sites excluding steroid dienone is 4. The molecule has 0 saturated carbocycles. The SMILES string of the molecule is O=C1Nc2ccc(C3C=CC=CC3)cc2C(=O)N2CCN(C(=O)c3cccs3)C[C@H]12. The van der Waals surface area contributed by atoms with Crippen molar-refractivity contribution in [2.45, 2.75) is 18.4 Å². The molecule has 2 aromatic rings. The van der Waals surface area contributed by atoms with Crippen LogP contribution in [0, 0.1) is 0 Å². The van der Waals surface area contributed by atoms with E-state index in [-0.39, 0.29) is 30.2 Å². The molecule has 1 aliphatic carbocycles. The molecular formula is C23H21N3O3S. The van der Waals surface area contributed by atoms with E-state index in [2.05, 4.69) is 17.5 Å². The summed E-state index contributed by atoms with van der Waals surface area (Å²) in [6.45, 7) is 0.951. The first-order chi connectivity index (χ1) is 14.6. The topological polar surface area (TPSA) is 69.7 Å². The Morgan fingerprint density at radius 3 is 2.80 bits per heavy atom. The summed E-state index contributed by atoms with van der Waals surface area (Å²) in [5.74, 6) is -0.276. The highest BCUT2D eigenvalue weighted by atomic mass is 32.1. The average Bonchev–Trinajstić information content (AvgIpc) is 3.30. The zero-order valence-electron chi connectivity index (χ0n) is 16.3. The molecule has 1 aromatic heterocycles. The van der Waals surface area contributed by atoms with Crippen molar-refractivity contribution in [3.8, 4) is 0 Å². The third-order valence-corrected chi connectivity index (χ3v) is 6.76. The van der Waals surface area contributed by atoms with E-state index in [1.54, 1.807) is 15.9 Å². The van der Waals surface area contributed by atoms with E-state index >= 15 is 0 Å². The lowest BCUT2D eigenvalue weighted by Gasteiger charge is -2.39. The van der Waals surface area contributed by atoms with Crippen molar-refractivity contribution in [2.75, 3.05) is 25.0 Å². The molecule has 30 heavy (non-hydrogen) atoms. The van der Waals surface area contributed by atoms with Crippen LogP contribution in [-0.4, -0.2) is 53.2 Å². The molecule has 6 nitrogen and oxygen atoms in total. The van der Waals surface area contributed by atoms with Crippen molar-refractivity contribution in [1.29, 1.82) is 0 Å². The Hall–Kier alpha value is -3.19. The van der Waals surface area contributed by atoms with Crippen molar-refractivity contribution < 1.29 is 14.4 Å². The number of amides is 3. The van der Waals surface area contributed by atoms with Gasteiger partial charge < -0.3 is 15.1 Å². The molecule has 3 amide bonds. The molecule has 7 heteroatoms. The van der Waals surface area contributed by atoms with Crippen LogP contribution >= 0.6 is 11.3 Å². The Balaban J connectivity index is 1.42. The molecule has 5 rings (SSSR count). The van der Waals surface area contributed by atoms with Crippen LogP contribution in [0.1, 0.15) is 37.9 Å². The maximum Gasteiger partial charge on any atom is 0.264 e. The number of carbonyl (C=O) groups excluding carboxylic acids is 3. The van der Waals surface area contributed by atoms with Crippen molar-refractivity contribution in [3.05, 3.63) is 76.0 Å². The Morgan fingerprint density at radius 1 is 1.13 bits per heavy atom. The second-order valence-electron chi connectivity index (χ2n) is 7.69. The standard InChI is InChI=1S/C23H21N3O3S/c27-21-19-14-25(23(29)20-7-4-12-30-20)10-11-26(19)22(28)17-13-16(8-9-18(17)24-21)15-5-2-1-3-6-15/h1-5,7-9,12-13,15,19H,6,10-11,14H2,(H,24,27)/t15?,19-/m1/s1. The lowest BCUT2D eigenvalue weighted by atomic mass is 9.91. The zero-order valence-corrected chi connectivity index (χ0v) is 17.1. The predicted octanol–water partition coefficient (Wildman–Crippen LogP) is 3.27. The molecule has 3 heterocycles. The molecule has 1 fully saturated rings. The van der Waals surface area contributed by atoms with Crippen LogP contribution < -0.4 is 5.32 Å². The second-order valence-corrected chi connectivity index (χ2v) is 8.64. The molecule has 2 aliphatic heterocycles. The van der Waals surface area contributed by atoms with Gasteiger partial charge in [0.2, 0.25) is 5.91 Å². The number of nitrogens with one attached hydrogen (secondary N) is 1. The van der Waals surface area contributed by atoms with Gasteiger partial charge in [0.25, 0.3) is 11.8 Å². The summed E-state index contributed by atoms with van der Waals surface area (Å²) in [6.07, 6.45) is 9.16. The van der Waals surface area contributed by atoms with Gasteiger partial charge in [-0.2, -0.15) is 0 Å². The normalized spacial score (nSPS) is 22.9. The second kappa shape index (κ2) is 7.57. The van der Waals surface area contributed by atoms with E-state index < -0.39 is 6.04 Å². The van der Waals surface area contributed by atoms with Gasteiger partial charge in [0.15, 0.2) is 0 Å². The molecule has 3 aliphatic rings. The molecule has 1 unspecified atom stereocenters. The van der Waals surface area contributed by atoms with Gasteiger partial charge in [-0.3, -0.25) is 14.4 Å². The molecule has 1 N–H and O–H groups in total. The first-order valence-electron chi connectivity index (χ1n) is 10.0. The van der Waals surface area contributed by atoms with Gasteiger partial charge in [0.1, 0.15) is 6.04 Å². The summed E-state index contributed by atoms with van der Waals surface area (Å²) in [6, 6.07) is 8.61. The van der Waals surface area contributed by atoms with Crippen molar-refractivity contribution >= 4 is 34.7 Å². The lowest BCUT2D eigenvalue weighted by molar-refractivity contribution is -0.121. The van der Waals surface area contributed by atoms with Gasteiger partial charge in [-0.1, -0.05) is 36.4 Å². The monoisotopic (exact) mass is 419 g/mol. The van der Waals surface area contributed by atoms with Gasteiger partial charge in [-0.15, -0.1) is 11.3 Å². The van der Waals surface area contributed by atoms with Gasteiger partial charge in [0.05, 0.1) is 22.7 Å². The van der Waals surface area contributed by atoms with E-state index in [0.29, 0.717) is 29.2 Å². The highest BCUT2D eigenvalue weighted by Crippen LogP contribution is 2.31. The third-order valence-electron chi connectivity index (χ3n) is 5.90. The van der Waals surface area contributed by atoms with Gasteiger partial charge in [0, 0.05) is 19.0 Å². The average molecular weight is 420 g/mol. The smallest absolute Gasteiger partial charge is 0.264 e. The quantitative estimate of drug-likeness (QED) is 0.812. The predicted molar refractivity (Wildman–Crippen MR) is 116 cm³/mol. The Kier molecular flexibility index (Phi) is 4.75. The highest BCUT2D eigenvalue weighted by molar-refractivity contribution is 7.12. The van der Waals surface area contributed by atoms with Gasteiger partial charge >= 0.3 is 0 Å². The summed E-state index contributed by atoms with van der Waals surface area (Å²) >= 11 is 1.38. The summed E-state index contributed by atoms with van der Waals surface area (Å²) in [7, 11) is 0. The number of hydrogen-bond acceptors (Lipinski definition) is 4. The minimum atomic E-state index is -0.691. The molecule has 1 aromatic carbocycles. The van der Waals surface area contributed by atoms with Crippen LogP contribution in [0.4, 0.5) is 5.69 Å². The minimum Gasteiger partial charge on any atom is -0.334 e. The lowest BCUT2D eigenvalue weighted by Crippen LogP contribution is -2.59. The summed E-state index contributed by atoms with van der Waals surface area (Å²) in [4.78, 5) is 43.0. The fraction of sp³-hybridized carbons (Fsp3) is 0.261. The number of hydrogen-bond donors (Lipinski definition) is 1. The van der Waals surface area contributed by atoms with E-state index in [4.69, 9.17) is 0 Å². The molecule has 2 atom stereocenters. The number of benzene rings is 1. The third kappa shape index (κ3) is 3.25. The van der Waals surface area contributed by atoms with Crippen LogP contribution in [0.3, 0.4) is 0 Å². The number of rotatable bonds is 2. The van der Waals surface area contributed by atoms with E-state index in [1.807, 2.05) is 41.8 Å². The van der Waals surface area contributed by atoms with Crippen molar-refractivity contribution in [2.24, 2.45) is 0 Å². The Bertz CT molecular complexity index is 1070. The van der Waals surface area contributed by atoms with Gasteiger partial charge in [-0.25, -0.2) is 0 Å². The highest BCUT2D eigenvalue weighted by Gasteiger charge is 2.40. The molecule has 0 spiro atoms. The molecule has 152 valence electrons. The van der Waals surface area contributed by atoms with Crippen LogP contribution in [0.5, 0.6) is 0 Å². The number of carbonyl (C=O) groups is 3. The molecular weight excluding hydrogens is 398 g/mol. The largest absolute Gasteiger partial charge is 0.334 e. The molecule has 1 saturated heterocycles. The number of anilines is 1. The first-order valence-corrected chi connectivity index (χ1v) is 10.9. The van der Waals surface area contributed by atoms with E-state index in [0.717, 1.165) is 12.0 Å². The minimum absolute atomic E-state index is 0.0916. The Labute approximate surface area is 178 Å². The fourth-order valence-electron chi connectivity index (χ4n) is 4.27. The molecule has 0 bridgehead atoms. The Morgan fingerprint density at radius 2 is 2.03 bits per heavy atom. The van der Waals surface area contributed by atoms with E-state index in [9.17, 15) is 14.4 Å². The van der Waals surface area contributed by atoms with Gasteiger partial charge in [-0.05, 0) is 35.6 Å². The first kappa shape index (κ1) is 18.8. The van der Waals surface area contributed by atoms with Crippen molar-refractivity contribution in [1.82, 2.24) is 9.80 Å². The summed E-state index contributed by atoms with van der Waals surface area (Å²) < 4.78 is 0.